The van der Waals surface area contributed by atoms with Crippen molar-refractivity contribution in [1.82, 2.24) is 5.32 Å². The Labute approximate surface area is 123 Å². The molecule has 1 aromatic carbocycles. The highest BCUT2D eigenvalue weighted by atomic mass is 35.5. The SMILES string of the molecule is COCCNC(=O)C1=Cc2c(Cl)ccc(OC)c2CC1. The predicted molar refractivity (Wildman–Crippen MR) is 79.2 cm³/mol. The summed E-state index contributed by atoms with van der Waals surface area (Å²) in [4.78, 5) is 12.0. The number of halogens is 1. The average Bonchev–Trinajstić information content (AvgIpc) is 2.47. The molecule has 20 heavy (non-hydrogen) atoms. The molecule has 0 aliphatic heterocycles. The Kier molecular flexibility index (Phi) is 5.04. The Bertz CT molecular complexity index is 540. The maximum Gasteiger partial charge on any atom is 0.247 e. The smallest absolute Gasteiger partial charge is 0.247 e. The van der Waals surface area contributed by atoms with Crippen LogP contribution in [0.3, 0.4) is 0 Å². The number of hydrogen-bond acceptors (Lipinski definition) is 3. The quantitative estimate of drug-likeness (QED) is 0.849. The van der Waals surface area contributed by atoms with Gasteiger partial charge in [-0.25, -0.2) is 0 Å². The van der Waals surface area contributed by atoms with Gasteiger partial charge in [-0.2, -0.15) is 0 Å². The van der Waals surface area contributed by atoms with Crippen molar-refractivity contribution in [3.05, 3.63) is 33.9 Å². The number of amides is 1. The fraction of sp³-hybridized carbons (Fsp3) is 0.400. The molecule has 1 aliphatic carbocycles. The van der Waals surface area contributed by atoms with Gasteiger partial charge in [0, 0.05) is 35.4 Å². The van der Waals surface area contributed by atoms with Crippen LogP contribution in [0.1, 0.15) is 17.5 Å². The van der Waals surface area contributed by atoms with E-state index in [0.29, 0.717) is 24.6 Å². The van der Waals surface area contributed by atoms with E-state index in [9.17, 15) is 4.79 Å². The molecule has 0 heterocycles. The van der Waals surface area contributed by atoms with Crippen LogP contribution in [0.25, 0.3) is 6.08 Å². The summed E-state index contributed by atoms with van der Waals surface area (Å²) < 4.78 is 10.3. The van der Waals surface area contributed by atoms with Gasteiger partial charge in [0.2, 0.25) is 5.91 Å². The van der Waals surface area contributed by atoms with E-state index in [2.05, 4.69) is 5.32 Å². The van der Waals surface area contributed by atoms with Gasteiger partial charge in [-0.05, 0) is 31.1 Å². The highest BCUT2D eigenvalue weighted by molar-refractivity contribution is 6.32. The van der Waals surface area contributed by atoms with Crippen LogP contribution in [-0.2, 0) is 16.0 Å². The Morgan fingerprint density at radius 3 is 2.85 bits per heavy atom. The first-order chi connectivity index (χ1) is 9.67. The lowest BCUT2D eigenvalue weighted by Gasteiger charge is -2.19. The Hall–Kier alpha value is -1.52. The van der Waals surface area contributed by atoms with Crippen LogP contribution >= 0.6 is 11.6 Å². The summed E-state index contributed by atoms with van der Waals surface area (Å²) in [5.74, 6) is 0.756. The van der Waals surface area contributed by atoms with E-state index < -0.39 is 0 Å². The van der Waals surface area contributed by atoms with Gasteiger partial charge in [0.1, 0.15) is 5.75 Å². The molecule has 4 nitrogen and oxygen atoms in total. The fourth-order valence-electron chi connectivity index (χ4n) is 2.29. The maximum absolute atomic E-state index is 12.0. The van der Waals surface area contributed by atoms with E-state index in [1.165, 1.54) is 0 Å². The van der Waals surface area contributed by atoms with Crippen molar-refractivity contribution >= 4 is 23.6 Å². The van der Waals surface area contributed by atoms with E-state index in [-0.39, 0.29) is 5.91 Å². The second-order valence-electron chi connectivity index (χ2n) is 4.56. The van der Waals surface area contributed by atoms with E-state index in [4.69, 9.17) is 21.1 Å². The third-order valence-electron chi connectivity index (χ3n) is 3.33. The summed E-state index contributed by atoms with van der Waals surface area (Å²) in [5, 5.41) is 3.47. The number of nitrogens with one attached hydrogen (secondary N) is 1. The van der Waals surface area contributed by atoms with Gasteiger partial charge >= 0.3 is 0 Å². The van der Waals surface area contributed by atoms with Crippen LogP contribution in [0.15, 0.2) is 17.7 Å². The molecule has 0 radical (unpaired) electrons. The number of methoxy groups -OCH3 is 2. The Morgan fingerprint density at radius 1 is 1.35 bits per heavy atom. The molecule has 108 valence electrons. The molecule has 1 amide bonds. The topological polar surface area (TPSA) is 47.6 Å². The van der Waals surface area contributed by atoms with Crippen molar-refractivity contribution in [2.45, 2.75) is 12.8 Å². The number of fused-ring (bicyclic) bond motifs is 1. The van der Waals surface area contributed by atoms with Crippen molar-refractivity contribution in [3.63, 3.8) is 0 Å². The minimum absolute atomic E-state index is 0.0633. The summed E-state index contributed by atoms with van der Waals surface area (Å²) in [5.41, 5.74) is 2.69. The zero-order valence-electron chi connectivity index (χ0n) is 11.7. The summed E-state index contributed by atoms with van der Waals surface area (Å²) >= 11 is 6.22. The second kappa shape index (κ2) is 6.77. The first-order valence-corrected chi connectivity index (χ1v) is 6.88. The monoisotopic (exact) mass is 295 g/mol. The normalized spacial score (nSPS) is 13.4. The van der Waals surface area contributed by atoms with Gasteiger partial charge in [0.05, 0.1) is 13.7 Å². The number of carbonyl (C=O) groups excluding carboxylic acids is 1. The molecule has 0 saturated carbocycles. The summed E-state index contributed by atoms with van der Waals surface area (Å²) in [7, 11) is 3.24. The zero-order valence-corrected chi connectivity index (χ0v) is 12.4. The van der Waals surface area contributed by atoms with E-state index in [1.54, 1.807) is 20.3 Å². The van der Waals surface area contributed by atoms with Crippen LogP contribution in [0.5, 0.6) is 5.75 Å². The molecule has 0 saturated heterocycles. The first kappa shape index (κ1) is 14.9. The molecule has 1 aliphatic rings. The molecule has 5 heteroatoms. The Balaban J connectivity index is 2.22. The average molecular weight is 296 g/mol. The highest BCUT2D eigenvalue weighted by Gasteiger charge is 2.20. The lowest BCUT2D eigenvalue weighted by molar-refractivity contribution is -0.117. The maximum atomic E-state index is 12.0. The van der Waals surface area contributed by atoms with E-state index >= 15 is 0 Å². The van der Waals surface area contributed by atoms with Crippen LogP contribution in [-0.4, -0.2) is 33.3 Å². The molecular formula is C15H18ClNO3. The van der Waals surface area contributed by atoms with Crippen LogP contribution in [0, 0.1) is 0 Å². The third-order valence-corrected chi connectivity index (χ3v) is 3.66. The molecule has 0 aromatic heterocycles. The van der Waals surface area contributed by atoms with Crippen LogP contribution in [0.4, 0.5) is 0 Å². The first-order valence-electron chi connectivity index (χ1n) is 6.50. The van der Waals surface area contributed by atoms with Crippen molar-refractivity contribution < 1.29 is 14.3 Å². The lowest BCUT2D eigenvalue weighted by Crippen LogP contribution is -2.29. The molecule has 0 unspecified atom stereocenters. The lowest BCUT2D eigenvalue weighted by atomic mass is 9.91. The third kappa shape index (κ3) is 3.14. The van der Waals surface area contributed by atoms with Crippen molar-refractivity contribution in [2.75, 3.05) is 27.4 Å². The summed E-state index contributed by atoms with van der Waals surface area (Å²) in [6.45, 7) is 1.01. The van der Waals surface area contributed by atoms with E-state index in [0.717, 1.165) is 28.9 Å². The molecule has 0 spiro atoms. The van der Waals surface area contributed by atoms with Crippen molar-refractivity contribution in [1.29, 1.82) is 0 Å². The highest BCUT2D eigenvalue weighted by Crippen LogP contribution is 2.35. The number of ether oxygens (including phenoxy) is 2. The fourth-order valence-corrected chi connectivity index (χ4v) is 2.52. The second-order valence-corrected chi connectivity index (χ2v) is 4.97. The molecule has 1 aromatic rings. The summed E-state index contributed by atoms with van der Waals surface area (Å²) in [6.07, 6.45) is 3.29. The van der Waals surface area contributed by atoms with Crippen LogP contribution < -0.4 is 10.1 Å². The summed E-state index contributed by atoms with van der Waals surface area (Å²) in [6, 6.07) is 3.65. The predicted octanol–water partition coefficient (Wildman–Crippen LogP) is 2.44. The number of carbonyl (C=O) groups is 1. The molecule has 1 N–H and O–H groups in total. The van der Waals surface area contributed by atoms with E-state index in [1.807, 2.05) is 12.1 Å². The molecule has 0 atom stereocenters. The minimum atomic E-state index is -0.0633. The van der Waals surface area contributed by atoms with Gasteiger partial charge < -0.3 is 14.8 Å². The standard InChI is InChI=1S/C15H18ClNO3/c1-19-8-7-17-15(18)10-3-4-11-12(9-10)13(16)5-6-14(11)20-2/h5-6,9H,3-4,7-8H2,1-2H3,(H,17,18). The Morgan fingerprint density at radius 2 is 2.15 bits per heavy atom. The van der Waals surface area contributed by atoms with Gasteiger partial charge in [-0.1, -0.05) is 11.6 Å². The molecule has 0 bridgehead atoms. The van der Waals surface area contributed by atoms with Gasteiger partial charge in [0.25, 0.3) is 0 Å². The molecule has 0 fully saturated rings. The largest absolute Gasteiger partial charge is 0.496 e. The molecular weight excluding hydrogens is 278 g/mol. The van der Waals surface area contributed by atoms with Gasteiger partial charge in [-0.3, -0.25) is 4.79 Å². The van der Waals surface area contributed by atoms with Crippen molar-refractivity contribution in [2.24, 2.45) is 0 Å². The molecule has 2 rings (SSSR count). The van der Waals surface area contributed by atoms with Crippen LogP contribution in [0.2, 0.25) is 5.02 Å². The number of hydrogen-bond donors (Lipinski definition) is 1. The van der Waals surface area contributed by atoms with Crippen molar-refractivity contribution in [3.8, 4) is 5.75 Å². The van der Waals surface area contributed by atoms with Gasteiger partial charge in [0.15, 0.2) is 0 Å². The minimum Gasteiger partial charge on any atom is -0.496 e. The number of rotatable bonds is 5. The number of benzene rings is 1. The zero-order chi connectivity index (χ0) is 14.5. The van der Waals surface area contributed by atoms with Gasteiger partial charge in [-0.15, -0.1) is 0 Å².